The van der Waals surface area contributed by atoms with E-state index in [1.807, 2.05) is 22.6 Å². The number of nitrogens with two attached hydrogens (primary N) is 1. The van der Waals surface area contributed by atoms with Crippen LogP contribution in [0.25, 0.3) is 0 Å². The van der Waals surface area contributed by atoms with E-state index in [4.69, 9.17) is 18.0 Å². The highest BCUT2D eigenvalue weighted by Gasteiger charge is 2.27. The van der Waals surface area contributed by atoms with Gasteiger partial charge in [-0.3, -0.25) is 9.69 Å². The van der Waals surface area contributed by atoms with Crippen molar-refractivity contribution in [2.24, 2.45) is 5.73 Å². The fourth-order valence-electron chi connectivity index (χ4n) is 2.63. The molecule has 2 heterocycles. The largest absolute Gasteiger partial charge is 0.392 e. The smallest absolute Gasteiger partial charge is 0.255 e. The monoisotopic (exact) mass is 311 g/mol. The van der Waals surface area contributed by atoms with Gasteiger partial charge in [0.1, 0.15) is 0 Å². The average Bonchev–Trinajstić information content (AvgIpc) is 2.85. The number of carbonyl (C=O) groups excluding carboxylic acids is 1. The van der Waals surface area contributed by atoms with Crippen molar-refractivity contribution in [1.29, 1.82) is 0 Å². The van der Waals surface area contributed by atoms with E-state index in [2.05, 4.69) is 11.8 Å². The Kier molecular flexibility index (Phi) is 5.12. The van der Waals surface area contributed by atoms with Crippen LogP contribution in [0.2, 0.25) is 0 Å². The number of amides is 1. The molecule has 1 unspecified atom stereocenters. The van der Waals surface area contributed by atoms with Gasteiger partial charge in [-0.1, -0.05) is 19.1 Å². The first-order valence-electron chi connectivity index (χ1n) is 6.90. The van der Waals surface area contributed by atoms with Gasteiger partial charge in [0.2, 0.25) is 0 Å². The molecule has 2 N–H and O–H groups in total. The summed E-state index contributed by atoms with van der Waals surface area (Å²) in [6, 6.07) is 0.158. The lowest BCUT2D eigenvalue weighted by Gasteiger charge is -2.38. The molecule has 2 rings (SSSR count). The van der Waals surface area contributed by atoms with Crippen LogP contribution in [0.3, 0.4) is 0 Å². The summed E-state index contributed by atoms with van der Waals surface area (Å²) in [4.78, 5) is 17.2. The van der Waals surface area contributed by atoms with E-state index in [0.29, 0.717) is 4.99 Å². The van der Waals surface area contributed by atoms with Gasteiger partial charge in [0.05, 0.1) is 16.6 Å². The molecule has 0 aromatic carbocycles. The highest BCUT2D eigenvalue weighted by atomic mass is 32.1. The van der Waals surface area contributed by atoms with Crippen LogP contribution in [0, 0.1) is 6.92 Å². The first-order valence-corrected chi connectivity index (χ1v) is 8.25. The first-order chi connectivity index (χ1) is 9.54. The van der Waals surface area contributed by atoms with Gasteiger partial charge in [-0.05, 0) is 24.3 Å². The minimum atomic E-state index is 0.145. The van der Waals surface area contributed by atoms with Crippen molar-refractivity contribution < 1.29 is 4.79 Å². The van der Waals surface area contributed by atoms with Crippen LogP contribution in [-0.4, -0.2) is 52.9 Å². The molecule has 1 aromatic heterocycles. The third-order valence-electron chi connectivity index (χ3n) is 3.84. The molecule has 0 spiro atoms. The predicted octanol–water partition coefficient (Wildman–Crippen LogP) is 1.88. The van der Waals surface area contributed by atoms with E-state index in [-0.39, 0.29) is 11.9 Å². The maximum atomic E-state index is 12.4. The van der Waals surface area contributed by atoms with Gasteiger partial charge in [-0.15, -0.1) is 0 Å². The second-order valence-electron chi connectivity index (χ2n) is 5.12. The van der Waals surface area contributed by atoms with Crippen LogP contribution in [0.1, 0.15) is 29.3 Å². The van der Waals surface area contributed by atoms with Crippen molar-refractivity contribution in [3.8, 4) is 0 Å². The lowest BCUT2D eigenvalue weighted by Crippen LogP contribution is -2.54. The zero-order valence-corrected chi connectivity index (χ0v) is 13.6. The Labute approximate surface area is 129 Å². The maximum Gasteiger partial charge on any atom is 0.255 e. The van der Waals surface area contributed by atoms with Crippen LogP contribution < -0.4 is 5.73 Å². The summed E-state index contributed by atoms with van der Waals surface area (Å²) in [7, 11) is 0. The SMILES string of the molecule is CCC(C(N)=S)N1CCN(C(=O)c2cscc2C)CC1. The Morgan fingerprint density at radius 1 is 1.40 bits per heavy atom. The van der Waals surface area contributed by atoms with Crippen molar-refractivity contribution in [2.45, 2.75) is 26.3 Å². The fraction of sp³-hybridized carbons (Fsp3) is 0.571. The van der Waals surface area contributed by atoms with Gasteiger partial charge in [-0.25, -0.2) is 0 Å². The van der Waals surface area contributed by atoms with Gasteiger partial charge >= 0.3 is 0 Å². The van der Waals surface area contributed by atoms with Gasteiger partial charge in [0.15, 0.2) is 0 Å². The van der Waals surface area contributed by atoms with Crippen LogP contribution in [0.4, 0.5) is 0 Å². The topological polar surface area (TPSA) is 49.6 Å². The maximum absolute atomic E-state index is 12.4. The third kappa shape index (κ3) is 3.19. The van der Waals surface area contributed by atoms with Gasteiger partial charge in [-0.2, -0.15) is 11.3 Å². The second kappa shape index (κ2) is 6.65. The minimum absolute atomic E-state index is 0.145. The van der Waals surface area contributed by atoms with Gasteiger partial charge in [0, 0.05) is 31.6 Å². The third-order valence-corrected chi connectivity index (χ3v) is 4.98. The zero-order chi connectivity index (χ0) is 14.7. The predicted molar refractivity (Wildman–Crippen MR) is 87.4 cm³/mol. The molecule has 0 aliphatic carbocycles. The summed E-state index contributed by atoms with van der Waals surface area (Å²) in [5.74, 6) is 0.145. The molecule has 0 saturated carbocycles. The van der Waals surface area contributed by atoms with Crippen LogP contribution in [0.15, 0.2) is 10.8 Å². The molecule has 6 heteroatoms. The first kappa shape index (κ1) is 15.4. The van der Waals surface area contributed by atoms with Crippen LogP contribution in [0.5, 0.6) is 0 Å². The van der Waals surface area contributed by atoms with E-state index in [9.17, 15) is 4.79 Å². The molecule has 1 aliphatic rings. The van der Waals surface area contributed by atoms with E-state index in [0.717, 1.165) is 43.7 Å². The standard InChI is InChI=1S/C14H21N3OS2/c1-3-12(13(15)19)16-4-6-17(7-5-16)14(18)11-9-20-8-10(11)2/h8-9,12H,3-7H2,1-2H3,(H2,15,19). The zero-order valence-electron chi connectivity index (χ0n) is 12.0. The van der Waals surface area contributed by atoms with Crippen molar-refractivity contribution in [3.05, 3.63) is 21.9 Å². The molecule has 0 radical (unpaired) electrons. The molecule has 1 aliphatic heterocycles. The number of hydrogen-bond donors (Lipinski definition) is 1. The lowest BCUT2D eigenvalue weighted by molar-refractivity contribution is 0.0611. The molecule has 1 atom stereocenters. The fourth-order valence-corrected chi connectivity index (χ4v) is 3.76. The number of piperazine rings is 1. The quantitative estimate of drug-likeness (QED) is 0.863. The van der Waals surface area contributed by atoms with Crippen molar-refractivity contribution in [2.75, 3.05) is 26.2 Å². The lowest BCUT2D eigenvalue weighted by atomic mass is 10.1. The summed E-state index contributed by atoms with van der Waals surface area (Å²) in [5, 5.41) is 3.96. The van der Waals surface area contributed by atoms with Crippen LogP contribution in [-0.2, 0) is 0 Å². The Bertz CT molecular complexity index is 492. The van der Waals surface area contributed by atoms with E-state index >= 15 is 0 Å². The molecular weight excluding hydrogens is 290 g/mol. The molecule has 1 amide bonds. The Morgan fingerprint density at radius 3 is 2.50 bits per heavy atom. The number of thiocarbonyl (C=S) groups is 1. The number of thiophene rings is 1. The summed E-state index contributed by atoms with van der Waals surface area (Å²) in [5.41, 5.74) is 7.68. The van der Waals surface area contributed by atoms with E-state index in [1.165, 1.54) is 0 Å². The van der Waals surface area contributed by atoms with Gasteiger partial charge in [0.25, 0.3) is 5.91 Å². The molecule has 1 saturated heterocycles. The number of carbonyl (C=O) groups is 1. The van der Waals surface area contributed by atoms with Gasteiger partial charge < -0.3 is 10.6 Å². The molecule has 1 aromatic rings. The number of nitrogens with zero attached hydrogens (tertiary/aromatic N) is 2. The summed E-state index contributed by atoms with van der Waals surface area (Å²) in [6.07, 6.45) is 0.924. The molecule has 1 fully saturated rings. The van der Waals surface area contributed by atoms with E-state index < -0.39 is 0 Å². The summed E-state index contributed by atoms with van der Waals surface area (Å²) >= 11 is 6.70. The van der Waals surface area contributed by atoms with E-state index in [1.54, 1.807) is 11.3 Å². The highest BCUT2D eigenvalue weighted by molar-refractivity contribution is 7.80. The molecule has 20 heavy (non-hydrogen) atoms. The van der Waals surface area contributed by atoms with Crippen LogP contribution >= 0.6 is 23.6 Å². The van der Waals surface area contributed by atoms with Crippen molar-refractivity contribution in [1.82, 2.24) is 9.80 Å². The molecule has 110 valence electrons. The molecular formula is C14H21N3OS2. The minimum Gasteiger partial charge on any atom is -0.392 e. The van der Waals surface area contributed by atoms with Crippen molar-refractivity contribution >= 4 is 34.5 Å². The molecule has 0 bridgehead atoms. The second-order valence-corrected chi connectivity index (χ2v) is 6.34. The Morgan fingerprint density at radius 2 is 2.05 bits per heavy atom. The normalized spacial score (nSPS) is 18.0. The highest BCUT2D eigenvalue weighted by Crippen LogP contribution is 2.18. The summed E-state index contributed by atoms with van der Waals surface area (Å²) in [6.45, 7) is 7.24. The number of hydrogen-bond acceptors (Lipinski definition) is 4. The number of rotatable bonds is 4. The Balaban J connectivity index is 1.96. The average molecular weight is 311 g/mol. The van der Waals surface area contributed by atoms with Crippen molar-refractivity contribution in [3.63, 3.8) is 0 Å². The Hall–Kier alpha value is -0.980. The number of aryl methyl sites for hydroxylation is 1. The molecule has 4 nitrogen and oxygen atoms in total. The summed E-state index contributed by atoms with van der Waals surface area (Å²) < 4.78 is 0.